The van der Waals surface area contributed by atoms with E-state index in [1.165, 1.54) is 47.8 Å². The third-order valence-corrected chi connectivity index (χ3v) is 6.53. The summed E-state index contributed by atoms with van der Waals surface area (Å²) in [4.78, 5) is 23.5. The van der Waals surface area contributed by atoms with Gasteiger partial charge in [0.15, 0.2) is 12.8 Å². The molecule has 0 aliphatic carbocycles. The molecule has 2 aromatic rings. The van der Waals surface area contributed by atoms with Gasteiger partial charge < -0.3 is 9.73 Å². The molecule has 1 aliphatic rings. The molecule has 1 saturated heterocycles. The monoisotopic (exact) mass is 392 g/mol. The predicted molar refractivity (Wildman–Crippen MR) is 99.5 cm³/mol. The van der Waals surface area contributed by atoms with Crippen molar-refractivity contribution < 1.29 is 22.4 Å². The van der Waals surface area contributed by atoms with E-state index in [9.17, 15) is 18.1 Å². The molecule has 27 heavy (non-hydrogen) atoms. The van der Waals surface area contributed by atoms with E-state index in [4.69, 9.17) is 4.42 Å². The van der Waals surface area contributed by atoms with Gasteiger partial charge in [0.05, 0.1) is 15.7 Å². The topological polar surface area (TPSA) is 99.7 Å². The van der Waals surface area contributed by atoms with E-state index < -0.39 is 15.9 Å². The smallest absolute Gasteiger partial charge is 0.396 e. The Morgan fingerprint density at radius 2 is 1.78 bits per heavy atom. The van der Waals surface area contributed by atoms with Gasteiger partial charge in [-0.2, -0.15) is 4.31 Å². The van der Waals surface area contributed by atoms with Crippen LogP contribution in [0.4, 0.5) is 11.6 Å². The Balaban J connectivity index is 1.69. The van der Waals surface area contributed by atoms with Gasteiger partial charge >= 0.3 is 5.88 Å². The molecular weight excluding hydrogens is 370 g/mol. The van der Waals surface area contributed by atoms with Crippen LogP contribution in [-0.2, 0) is 10.0 Å². The summed E-state index contributed by atoms with van der Waals surface area (Å²) in [6.45, 7) is 3.17. The van der Waals surface area contributed by atoms with Gasteiger partial charge in [-0.25, -0.2) is 8.42 Å². The maximum Gasteiger partial charge on any atom is 0.421 e. The molecule has 2 heterocycles. The number of carbonyl (C=O) groups excluding carboxylic acids is 1. The molecule has 1 aromatic heterocycles. The largest absolute Gasteiger partial charge is 0.421 e. The normalized spacial score (nSPS) is 16.2. The number of nitroso groups, excluding NO2 is 1. The number of hydrogen-bond donors (Lipinski definition) is 1. The van der Waals surface area contributed by atoms with Crippen molar-refractivity contribution in [2.45, 2.75) is 24.7 Å². The first-order valence-electron chi connectivity index (χ1n) is 8.69. The maximum absolute atomic E-state index is 12.7. The number of benzene rings is 1. The molecule has 1 fully saturated rings. The van der Waals surface area contributed by atoms with Crippen molar-refractivity contribution in [3.8, 4) is 0 Å². The maximum atomic E-state index is 12.7. The first-order chi connectivity index (χ1) is 12.8. The summed E-state index contributed by atoms with van der Waals surface area (Å²) in [5.41, 5.74) is 0.430. The van der Waals surface area contributed by atoms with E-state index >= 15 is 0 Å². The van der Waals surface area contributed by atoms with Crippen LogP contribution < -0.4 is 5.32 Å². The highest BCUT2D eigenvalue weighted by molar-refractivity contribution is 7.89. The molecule has 1 aromatic carbocycles. The zero-order chi connectivity index (χ0) is 19.6. The fourth-order valence-electron chi connectivity index (χ4n) is 2.90. The van der Waals surface area contributed by atoms with E-state index in [-0.39, 0.29) is 16.5 Å². The fourth-order valence-corrected chi connectivity index (χ4v) is 4.37. The van der Waals surface area contributed by atoms with Crippen LogP contribution in [0.25, 0.3) is 0 Å². The summed E-state index contributed by atoms with van der Waals surface area (Å²) in [7, 11) is -2.26. The molecule has 0 saturated carbocycles. The molecule has 0 unspecified atom stereocenters. The van der Waals surface area contributed by atoms with Crippen LogP contribution in [0, 0.1) is 10.8 Å². The molecule has 0 atom stereocenters. The minimum atomic E-state index is -3.53. The number of anilines is 1. The highest BCUT2D eigenvalue weighted by Crippen LogP contribution is 2.24. The van der Waals surface area contributed by atoms with Crippen molar-refractivity contribution in [2.24, 2.45) is 5.92 Å². The summed E-state index contributed by atoms with van der Waals surface area (Å²) in [5.74, 6) is 0.0329. The molecule has 3 rings (SSSR count). The molecule has 0 radical (unpaired) electrons. The molecule has 9 heteroatoms. The lowest BCUT2D eigenvalue weighted by Gasteiger charge is -2.29. The van der Waals surface area contributed by atoms with Crippen LogP contribution in [0.3, 0.4) is 0 Å². The second kappa shape index (κ2) is 7.61. The lowest BCUT2D eigenvalue weighted by Crippen LogP contribution is -2.37. The Morgan fingerprint density at radius 3 is 2.33 bits per heavy atom. The molecular formula is C18H22N3O5S+. The molecule has 0 bridgehead atoms. The summed E-state index contributed by atoms with van der Waals surface area (Å²) in [5, 5.41) is 2.61. The van der Waals surface area contributed by atoms with Crippen molar-refractivity contribution in [3.05, 3.63) is 47.1 Å². The van der Waals surface area contributed by atoms with E-state index in [0.717, 1.165) is 12.8 Å². The number of amides is 1. The molecule has 1 N–H and O–H groups in total. The second-order valence-corrected chi connectivity index (χ2v) is 8.64. The van der Waals surface area contributed by atoms with Gasteiger partial charge in [-0.1, -0.05) is 6.92 Å². The molecule has 8 nitrogen and oxygen atoms in total. The van der Waals surface area contributed by atoms with Gasteiger partial charge in [-0.15, -0.1) is 0 Å². The Labute approximate surface area is 157 Å². The highest BCUT2D eigenvalue weighted by Gasteiger charge is 2.28. The van der Waals surface area contributed by atoms with Gasteiger partial charge in [0.25, 0.3) is 5.91 Å². The number of rotatable bonds is 5. The number of nitrogens with zero attached hydrogens (tertiary/aromatic N) is 2. The average molecular weight is 392 g/mol. The van der Waals surface area contributed by atoms with Gasteiger partial charge in [-0.05, 0) is 49.1 Å². The number of hydrogen-bond acceptors (Lipinski definition) is 5. The summed E-state index contributed by atoms with van der Waals surface area (Å²) in [6.07, 6.45) is 1.72. The summed E-state index contributed by atoms with van der Waals surface area (Å²) < 4.78 is 32.6. The predicted octanol–water partition coefficient (Wildman–Crippen LogP) is 2.99. The van der Waals surface area contributed by atoms with Crippen molar-refractivity contribution >= 4 is 27.5 Å². The van der Waals surface area contributed by atoms with Gasteiger partial charge in [0.2, 0.25) is 10.0 Å². The molecule has 0 spiro atoms. The van der Waals surface area contributed by atoms with E-state index in [1.807, 2.05) is 0 Å². The van der Waals surface area contributed by atoms with Crippen LogP contribution in [0.1, 0.15) is 30.3 Å². The van der Waals surface area contributed by atoms with Crippen LogP contribution >= 0.6 is 0 Å². The molecule has 1 aliphatic heterocycles. The number of sulfonamides is 1. The summed E-state index contributed by atoms with van der Waals surface area (Å²) >= 11 is 0. The van der Waals surface area contributed by atoms with E-state index in [1.54, 1.807) is 0 Å². The SMILES string of the molecule is CC1CCN(S(=O)(=O)c2ccc(NC(=O)c3ccc([N+](C)=O)o3)cc2)CC1. The highest BCUT2D eigenvalue weighted by atomic mass is 32.2. The zero-order valence-corrected chi connectivity index (χ0v) is 16.0. The Hall–Kier alpha value is -2.52. The van der Waals surface area contributed by atoms with Crippen molar-refractivity contribution in [1.82, 2.24) is 4.31 Å². The molecule has 1 amide bonds. The van der Waals surface area contributed by atoms with Gasteiger partial charge in [0.1, 0.15) is 0 Å². The van der Waals surface area contributed by atoms with Crippen molar-refractivity contribution in [2.75, 3.05) is 25.5 Å². The zero-order valence-electron chi connectivity index (χ0n) is 15.2. The number of piperidine rings is 1. The third kappa shape index (κ3) is 4.25. The number of carbonyl (C=O) groups is 1. The van der Waals surface area contributed by atoms with Gasteiger partial charge in [0, 0.05) is 23.7 Å². The third-order valence-electron chi connectivity index (χ3n) is 4.62. The van der Waals surface area contributed by atoms with E-state index in [0.29, 0.717) is 29.5 Å². The van der Waals surface area contributed by atoms with Gasteiger partial charge in [-0.3, -0.25) is 4.79 Å². The molecule has 144 valence electrons. The lowest BCUT2D eigenvalue weighted by molar-refractivity contribution is -0.444. The van der Waals surface area contributed by atoms with E-state index in [2.05, 4.69) is 12.2 Å². The lowest BCUT2D eigenvalue weighted by atomic mass is 10.0. The van der Waals surface area contributed by atoms with Crippen molar-refractivity contribution in [3.63, 3.8) is 0 Å². The van der Waals surface area contributed by atoms with Crippen LogP contribution in [0.5, 0.6) is 0 Å². The second-order valence-electron chi connectivity index (χ2n) is 6.70. The standard InChI is InChI=1S/C18H21N3O5S/c1-13-9-11-21(12-10-13)27(24,25)15-5-3-14(4-6-15)19-18(22)16-7-8-17(26-16)20(2)23/h3-8,13H,9-12H2,1-2H3/p+1. The van der Waals surface area contributed by atoms with Crippen LogP contribution in [-0.4, -0.2) is 43.5 Å². The van der Waals surface area contributed by atoms with Crippen LogP contribution in [0.2, 0.25) is 0 Å². The van der Waals surface area contributed by atoms with Crippen LogP contribution in [0.15, 0.2) is 45.7 Å². The Kier molecular flexibility index (Phi) is 5.43. The Morgan fingerprint density at radius 1 is 1.15 bits per heavy atom. The average Bonchev–Trinajstić information content (AvgIpc) is 3.13. The minimum Gasteiger partial charge on any atom is -0.396 e. The quantitative estimate of drug-likeness (QED) is 0.789. The first-order valence-corrected chi connectivity index (χ1v) is 10.1. The minimum absolute atomic E-state index is 0.00756. The fraction of sp³-hybridized carbons (Fsp3) is 0.389. The number of furan rings is 1. The van der Waals surface area contributed by atoms with Crippen molar-refractivity contribution in [1.29, 1.82) is 0 Å². The summed E-state index contributed by atoms with van der Waals surface area (Å²) in [6, 6.07) is 8.80. The number of nitrogens with one attached hydrogen (secondary N) is 1. The first kappa shape index (κ1) is 19.2. The Bertz CT molecular complexity index is 942.